The zero-order chi connectivity index (χ0) is 22.9. The van der Waals surface area contributed by atoms with Crippen LogP contribution in [0.2, 0.25) is 0 Å². The van der Waals surface area contributed by atoms with E-state index in [2.05, 4.69) is 16.9 Å². The molecule has 1 amide bonds. The van der Waals surface area contributed by atoms with Gasteiger partial charge in [0.1, 0.15) is 12.2 Å². The van der Waals surface area contributed by atoms with Crippen molar-refractivity contribution in [1.29, 1.82) is 0 Å². The number of hydrogen-bond acceptors (Lipinski definition) is 7. The lowest BCUT2D eigenvalue weighted by molar-refractivity contribution is 0.00694. The minimum absolute atomic E-state index is 0.0177. The molecule has 0 N–H and O–H groups in total. The number of aromatic nitrogens is 1. The first-order valence-corrected chi connectivity index (χ1v) is 10.9. The maximum Gasteiger partial charge on any atom is 0.338 e. The first-order valence-electron chi connectivity index (χ1n) is 10.9. The van der Waals surface area contributed by atoms with Crippen molar-refractivity contribution in [1.82, 2.24) is 14.8 Å². The van der Waals surface area contributed by atoms with E-state index in [1.54, 1.807) is 24.4 Å². The van der Waals surface area contributed by atoms with Crippen LogP contribution in [0.3, 0.4) is 0 Å². The Balaban J connectivity index is 1.51. The van der Waals surface area contributed by atoms with Crippen molar-refractivity contribution in [3.8, 4) is 5.75 Å². The molecule has 32 heavy (non-hydrogen) atoms. The summed E-state index contributed by atoms with van der Waals surface area (Å²) in [5.41, 5.74) is 1.39. The van der Waals surface area contributed by atoms with Crippen molar-refractivity contribution in [2.24, 2.45) is 0 Å². The van der Waals surface area contributed by atoms with Gasteiger partial charge in [-0.25, -0.2) is 9.78 Å². The number of anilines is 2. The van der Waals surface area contributed by atoms with Crippen LogP contribution in [0.25, 0.3) is 0 Å². The van der Waals surface area contributed by atoms with E-state index in [4.69, 9.17) is 9.47 Å². The molecular formula is C24H30N4O4. The molecule has 1 fully saturated rings. The zero-order valence-electron chi connectivity index (χ0n) is 19.1. The van der Waals surface area contributed by atoms with Gasteiger partial charge in [0, 0.05) is 38.1 Å². The summed E-state index contributed by atoms with van der Waals surface area (Å²) < 4.78 is 11.3. The first-order chi connectivity index (χ1) is 15.2. The van der Waals surface area contributed by atoms with Crippen molar-refractivity contribution in [3.63, 3.8) is 0 Å². The van der Waals surface area contributed by atoms with E-state index in [9.17, 15) is 9.59 Å². The van der Waals surface area contributed by atoms with E-state index in [1.807, 2.05) is 42.7 Å². The van der Waals surface area contributed by atoms with Crippen LogP contribution in [0.15, 0.2) is 36.5 Å². The van der Waals surface area contributed by atoms with Crippen molar-refractivity contribution >= 4 is 23.4 Å². The third kappa shape index (κ3) is 4.85. The lowest BCUT2D eigenvalue weighted by Gasteiger charge is -2.33. The largest absolute Gasteiger partial charge is 0.488 e. The average Bonchev–Trinajstić information content (AvgIpc) is 2.77. The van der Waals surface area contributed by atoms with Gasteiger partial charge >= 0.3 is 5.97 Å². The molecule has 0 unspecified atom stereocenters. The summed E-state index contributed by atoms with van der Waals surface area (Å²) in [4.78, 5) is 35.9. The number of hydrogen-bond donors (Lipinski definition) is 0. The van der Waals surface area contributed by atoms with Crippen LogP contribution in [-0.4, -0.2) is 78.6 Å². The zero-order valence-corrected chi connectivity index (χ0v) is 19.1. The lowest BCUT2D eigenvalue weighted by atomic mass is 10.1. The number of carbonyl (C=O) groups excluding carboxylic acids is 2. The Morgan fingerprint density at radius 2 is 1.69 bits per heavy atom. The molecule has 3 heterocycles. The number of ether oxygens (including phenoxy) is 2. The van der Waals surface area contributed by atoms with Crippen molar-refractivity contribution in [3.05, 3.63) is 47.7 Å². The fraction of sp³-hybridized carbons (Fsp3) is 0.458. The van der Waals surface area contributed by atoms with E-state index < -0.39 is 5.60 Å². The summed E-state index contributed by atoms with van der Waals surface area (Å²) in [6.45, 7) is 9.80. The van der Waals surface area contributed by atoms with Gasteiger partial charge in [-0.2, -0.15) is 0 Å². The van der Waals surface area contributed by atoms with Crippen LogP contribution in [0.5, 0.6) is 5.75 Å². The predicted octanol–water partition coefficient (Wildman–Crippen LogP) is 2.96. The molecule has 0 radical (unpaired) electrons. The number of carbonyl (C=O) groups is 2. The highest BCUT2D eigenvalue weighted by Gasteiger charge is 2.26. The van der Waals surface area contributed by atoms with E-state index in [-0.39, 0.29) is 11.9 Å². The topological polar surface area (TPSA) is 75.2 Å². The second-order valence-corrected chi connectivity index (χ2v) is 9.19. The molecule has 1 aromatic carbocycles. The second kappa shape index (κ2) is 8.78. The van der Waals surface area contributed by atoms with Gasteiger partial charge in [-0.3, -0.25) is 4.79 Å². The second-order valence-electron chi connectivity index (χ2n) is 9.19. The third-order valence-electron chi connectivity index (χ3n) is 5.51. The highest BCUT2D eigenvalue weighted by molar-refractivity contribution is 5.95. The van der Waals surface area contributed by atoms with Crippen molar-refractivity contribution in [2.45, 2.75) is 26.4 Å². The Morgan fingerprint density at radius 3 is 2.34 bits per heavy atom. The molecule has 0 atom stereocenters. The highest BCUT2D eigenvalue weighted by Crippen LogP contribution is 2.35. The summed E-state index contributed by atoms with van der Waals surface area (Å²) in [5.74, 6) is 0.885. The van der Waals surface area contributed by atoms with Crippen molar-refractivity contribution < 1.29 is 19.1 Å². The number of piperazine rings is 1. The number of likely N-dealkylation sites (N-methyl/N-ethyl adjacent to an activating group) is 1. The molecule has 0 aliphatic carbocycles. The summed E-state index contributed by atoms with van der Waals surface area (Å²) in [7, 11) is 2.06. The molecule has 1 aromatic heterocycles. The van der Waals surface area contributed by atoms with Crippen LogP contribution in [0.1, 0.15) is 41.5 Å². The lowest BCUT2D eigenvalue weighted by Crippen LogP contribution is -2.47. The maximum absolute atomic E-state index is 12.9. The van der Waals surface area contributed by atoms with Crippen LogP contribution in [0, 0.1) is 0 Å². The van der Waals surface area contributed by atoms with Crippen LogP contribution in [0.4, 0.5) is 11.5 Å². The average molecular weight is 439 g/mol. The summed E-state index contributed by atoms with van der Waals surface area (Å²) >= 11 is 0. The normalized spacial score (nSPS) is 16.9. The smallest absolute Gasteiger partial charge is 0.338 e. The van der Waals surface area contributed by atoms with Gasteiger partial charge in [0.05, 0.1) is 17.7 Å². The van der Waals surface area contributed by atoms with Gasteiger partial charge < -0.3 is 24.2 Å². The number of pyridine rings is 1. The Labute approximate surface area is 188 Å². The monoisotopic (exact) mass is 438 g/mol. The van der Waals surface area contributed by atoms with Crippen LogP contribution >= 0.6 is 0 Å². The molecule has 0 bridgehead atoms. The number of esters is 1. The maximum atomic E-state index is 12.9. The van der Waals surface area contributed by atoms with E-state index in [0.717, 1.165) is 18.8 Å². The van der Waals surface area contributed by atoms with Gasteiger partial charge in [-0.05, 0) is 58.2 Å². The van der Waals surface area contributed by atoms with Gasteiger partial charge in [0.25, 0.3) is 5.91 Å². The molecule has 2 aliphatic heterocycles. The van der Waals surface area contributed by atoms with Crippen LogP contribution < -0.4 is 9.64 Å². The van der Waals surface area contributed by atoms with Crippen molar-refractivity contribution in [2.75, 3.05) is 51.3 Å². The fourth-order valence-electron chi connectivity index (χ4n) is 3.77. The van der Waals surface area contributed by atoms with E-state index in [1.165, 1.54) is 0 Å². The molecule has 8 heteroatoms. The molecule has 170 valence electrons. The fourth-order valence-corrected chi connectivity index (χ4v) is 3.77. The highest BCUT2D eigenvalue weighted by atomic mass is 16.6. The molecule has 2 aromatic rings. The quantitative estimate of drug-likeness (QED) is 0.682. The number of fused-ring (bicyclic) bond motifs is 1. The third-order valence-corrected chi connectivity index (χ3v) is 5.51. The molecule has 8 nitrogen and oxygen atoms in total. The van der Waals surface area contributed by atoms with Gasteiger partial charge in [-0.1, -0.05) is 0 Å². The summed E-state index contributed by atoms with van der Waals surface area (Å²) in [6, 6.07) is 9.04. The molecule has 1 saturated heterocycles. The van der Waals surface area contributed by atoms with Gasteiger partial charge in [0.2, 0.25) is 0 Å². The minimum atomic E-state index is -0.540. The summed E-state index contributed by atoms with van der Waals surface area (Å²) in [5, 5.41) is 0. The molecular weight excluding hydrogens is 408 g/mol. The standard InChI is InChI=1S/C24H30N4O4/c1-24(2,3)32-23(30)17-5-7-19(8-6-17)28-13-14-31-20-15-18(16-25-21(20)28)22(29)27-11-9-26(4)10-12-27/h5-8,15-16H,9-14H2,1-4H3. The molecule has 2 aliphatic rings. The number of rotatable bonds is 3. The van der Waals surface area contributed by atoms with Crippen LogP contribution in [-0.2, 0) is 4.74 Å². The number of benzene rings is 1. The SMILES string of the molecule is CN1CCN(C(=O)c2cnc3c(c2)OCCN3c2ccc(C(=O)OC(C)(C)C)cc2)CC1. The Morgan fingerprint density at radius 1 is 1.00 bits per heavy atom. The van der Waals surface area contributed by atoms with Gasteiger partial charge in [-0.15, -0.1) is 0 Å². The Kier molecular flexibility index (Phi) is 6.06. The van der Waals surface area contributed by atoms with E-state index in [0.29, 0.717) is 48.9 Å². The van der Waals surface area contributed by atoms with Gasteiger partial charge in [0.15, 0.2) is 11.6 Å². The molecule has 4 rings (SSSR count). The number of nitrogens with zero attached hydrogens (tertiary/aromatic N) is 4. The molecule has 0 saturated carbocycles. The van der Waals surface area contributed by atoms with E-state index >= 15 is 0 Å². The Bertz CT molecular complexity index is 992. The Hall–Kier alpha value is -3.13. The first kappa shape index (κ1) is 22.1. The minimum Gasteiger partial charge on any atom is -0.488 e. The number of amides is 1. The summed E-state index contributed by atoms with van der Waals surface area (Å²) in [6.07, 6.45) is 1.62. The molecule has 0 spiro atoms. The predicted molar refractivity (Wildman–Crippen MR) is 122 cm³/mol.